The van der Waals surface area contributed by atoms with Crippen LogP contribution >= 0.6 is 9.24 Å². The molecule has 1 unspecified atom stereocenters. The first kappa shape index (κ1) is 10.4. The number of carbonyl (C=O) groups excluding carboxylic acids is 1. The second-order valence-electron chi connectivity index (χ2n) is 3.16. The number of aryl methyl sites for hydroxylation is 1. The Balaban J connectivity index is 2.64. The molecule has 0 aliphatic rings. The highest BCUT2D eigenvalue weighted by Gasteiger charge is 1.98. The smallest absolute Gasteiger partial charge is 0.178 e. The van der Waals surface area contributed by atoms with Gasteiger partial charge in [0.1, 0.15) is 0 Å². The zero-order valence-electron chi connectivity index (χ0n) is 7.92. The van der Waals surface area contributed by atoms with Crippen molar-refractivity contribution >= 4 is 14.8 Å². The molecule has 1 nitrogen and oxygen atoms in total. The van der Waals surface area contributed by atoms with Crippen molar-refractivity contribution in [2.24, 2.45) is 0 Å². The molecule has 0 fully saturated rings. The van der Waals surface area contributed by atoms with Gasteiger partial charge in [-0.15, -0.1) is 0 Å². The van der Waals surface area contributed by atoms with Crippen LogP contribution in [-0.2, 0) is 6.42 Å². The van der Waals surface area contributed by atoms with E-state index >= 15 is 0 Å². The second-order valence-corrected chi connectivity index (χ2v) is 3.69. The average Bonchev–Trinajstić information content (AvgIpc) is 2.15. The van der Waals surface area contributed by atoms with Crippen LogP contribution in [0.15, 0.2) is 24.3 Å². The van der Waals surface area contributed by atoms with Crippen LogP contribution in [0.25, 0.3) is 0 Å². The van der Waals surface area contributed by atoms with Crippen LogP contribution in [-0.4, -0.2) is 5.52 Å². The van der Waals surface area contributed by atoms with E-state index < -0.39 is 0 Å². The van der Waals surface area contributed by atoms with Crippen molar-refractivity contribution in [3.8, 4) is 0 Å². The second kappa shape index (κ2) is 5.14. The lowest BCUT2D eigenvalue weighted by Crippen LogP contribution is -1.89. The summed E-state index contributed by atoms with van der Waals surface area (Å²) in [7, 11) is 2.19. The van der Waals surface area contributed by atoms with Gasteiger partial charge in [0.15, 0.2) is 5.52 Å². The molecule has 1 atom stereocenters. The maximum Gasteiger partial charge on any atom is 0.178 e. The van der Waals surface area contributed by atoms with Crippen LogP contribution in [0.2, 0.25) is 0 Å². The minimum Gasteiger partial charge on any atom is -0.290 e. The van der Waals surface area contributed by atoms with Crippen molar-refractivity contribution in [1.82, 2.24) is 0 Å². The van der Waals surface area contributed by atoms with Gasteiger partial charge >= 0.3 is 0 Å². The monoisotopic (exact) mass is 194 g/mol. The summed E-state index contributed by atoms with van der Waals surface area (Å²) in [6.07, 6.45) is 3.54. The summed E-state index contributed by atoms with van der Waals surface area (Å²) in [4.78, 5) is 10.9. The lowest BCUT2D eigenvalue weighted by atomic mass is 10.1. The molecule has 0 aliphatic carbocycles. The summed E-state index contributed by atoms with van der Waals surface area (Å²) in [6, 6.07) is 7.85. The molecule has 0 radical (unpaired) electrons. The molecule has 0 aliphatic heterocycles. The summed E-state index contributed by atoms with van der Waals surface area (Å²) >= 11 is 0. The molecule has 0 amide bonds. The van der Waals surface area contributed by atoms with Crippen LogP contribution in [0.3, 0.4) is 0 Å². The summed E-state index contributed by atoms with van der Waals surface area (Å²) < 4.78 is 0. The van der Waals surface area contributed by atoms with Gasteiger partial charge in [0.05, 0.1) is 0 Å². The van der Waals surface area contributed by atoms with Crippen LogP contribution in [0, 0.1) is 0 Å². The molecular formula is C11H15OP. The van der Waals surface area contributed by atoms with Gasteiger partial charge < -0.3 is 0 Å². The van der Waals surface area contributed by atoms with E-state index in [9.17, 15) is 4.79 Å². The van der Waals surface area contributed by atoms with E-state index in [2.05, 4.69) is 16.2 Å². The number of carbonyl (C=O) groups is 1. The third-order valence-corrected chi connectivity index (χ3v) is 2.39. The van der Waals surface area contributed by atoms with Crippen LogP contribution in [0.5, 0.6) is 0 Å². The van der Waals surface area contributed by atoms with E-state index in [1.165, 1.54) is 18.4 Å². The van der Waals surface area contributed by atoms with Gasteiger partial charge in [-0.2, -0.15) is 0 Å². The lowest BCUT2D eigenvalue weighted by molar-refractivity contribution is 0.108. The highest BCUT2D eigenvalue weighted by molar-refractivity contribution is 7.41. The Morgan fingerprint density at radius 3 is 2.38 bits per heavy atom. The minimum absolute atomic E-state index is 0.0574. The van der Waals surface area contributed by atoms with Gasteiger partial charge in [0.2, 0.25) is 0 Å². The van der Waals surface area contributed by atoms with Crippen molar-refractivity contribution in [3.63, 3.8) is 0 Å². The number of hydrogen-bond donors (Lipinski definition) is 0. The normalized spacial score (nSPS) is 10.0. The Labute approximate surface area is 81.7 Å². The summed E-state index contributed by atoms with van der Waals surface area (Å²) in [6.45, 7) is 2.18. The van der Waals surface area contributed by atoms with Crippen LogP contribution in [0.1, 0.15) is 35.7 Å². The van der Waals surface area contributed by atoms with Crippen molar-refractivity contribution < 1.29 is 4.79 Å². The van der Waals surface area contributed by atoms with Crippen LogP contribution < -0.4 is 0 Å². The van der Waals surface area contributed by atoms with Gasteiger partial charge in [-0.25, -0.2) is 0 Å². The fourth-order valence-corrected chi connectivity index (χ4v) is 1.41. The molecule has 0 aromatic heterocycles. The number of benzene rings is 1. The Morgan fingerprint density at radius 1 is 1.31 bits per heavy atom. The highest BCUT2D eigenvalue weighted by Crippen LogP contribution is 2.10. The Hall–Kier alpha value is -0.680. The average molecular weight is 194 g/mol. The van der Waals surface area contributed by atoms with Crippen molar-refractivity contribution in [3.05, 3.63) is 35.4 Å². The SMILES string of the molecule is CCCCc1ccc(C(=O)P)cc1. The molecule has 0 heterocycles. The molecule has 1 aromatic rings. The maximum absolute atomic E-state index is 10.9. The van der Waals surface area contributed by atoms with Crippen molar-refractivity contribution in [2.75, 3.05) is 0 Å². The number of unbranched alkanes of at least 4 members (excludes halogenated alkanes) is 1. The van der Waals surface area contributed by atoms with E-state index in [1.54, 1.807) is 0 Å². The summed E-state index contributed by atoms with van der Waals surface area (Å²) in [5.74, 6) is 0. The predicted molar refractivity (Wildman–Crippen MR) is 59.1 cm³/mol. The molecule has 0 N–H and O–H groups in total. The maximum atomic E-state index is 10.9. The van der Waals surface area contributed by atoms with E-state index in [4.69, 9.17) is 0 Å². The molecule has 0 bridgehead atoms. The largest absolute Gasteiger partial charge is 0.290 e. The Kier molecular flexibility index (Phi) is 4.11. The van der Waals surface area contributed by atoms with E-state index in [1.807, 2.05) is 24.3 Å². The van der Waals surface area contributed by atoms with Crippen LogP contribution in [0.4, 0.5) is 0 Å². The van der Waals surface area contributed by atoms with E-state index in [-0.39, 0.29) is 5.52 Å². The zero-order chi connectivity index (χ0) is 9.68. The fourth-order valence-electron chi connectivity index (χ4n) is 1.22. The Morgan fingerprint density at radius 2 is 1.92 bits per heavy atom. The van der Waals surface area contributed by atoms with Gasteiger partial charge in [0.25, 0.3) is 0 Å². The standard InChI is InChI=1S/C11H15OP/c1-2-3-4-9-5-7-10(8-6-9)11(12)13/h5-8H,2-4,13H2,1H3. The van der Waals surface area contributed by atoms with Crippen molar-refractivity contribution in [2.45, 2.75) is 26.2 Å². The molecule has 1 rings (SSSR count). The molecule has 0 spiro atoms. The van der Waals surface area contributed by atoms with E-state index in [0.717, 1.165) is 12.0 Å². The molecule has 13 heavy (non-hydrogen) atoms. The molecule has 1 aromatic carbocycles. The number of rotatable bonds is 4. The molecule has 2 heteroatoms. The molecule has 70 valence electrons. The van der Waals surface area contributed by atoms with Gasteiger partial charge in [0, 0.05) is 5.56 Å². The Bertz CT molecular complexity index is 277. The first-order chi connectivity index (χ1) is 6.24. The topological polar surface area (TPSA) is 17.1 Å². The first-order valence-electron chi connectivity index (χ1n) is 4.62. The third kappa shape index (κ3) is 3.28. The van der Waals surface area contributed by atoms with Gasteiger partial charge in [-0.1, -0.05) is 46.8 Å². The fraction of sp³-hybridized carbons (Fsp3) is 0.364. The first-order valence-corrected chi connectivity index (χ1v) is 5.20. The quantitative estimate of drug-likeness (QED) is 0.673. The molecule has 0 saturated carbocycles. The molecule has 0 saturated heterocycles. The van der Waals surface area contributed by atoms with Crippen molar-refractivity contribution in [1.29, 1.82) is 0 Å². The zero-order valence-corrected chi connectivity index (χ0v) is 9.07. The van der Waals surface area contributed by atoms with E-state index in [0.29, 0.717) is 0 Å². The minimum atomic E-state index is 0.0574. The number of hydrogen-bond acceptors (Lipinski definition) is 1. The molecular weight excluding hydrogens is 179 g/mol. The summed E-state index contributed by atoms with van der Waals surface area (Å²) in [5.41, 5.74) is 2.14. The lowest BCUT2D eigenvalue weighted by Gasteiger charge is -2.00. The van der Waals surface area contributed by atoms with Gasteiger partial charge in [-0.3, -0.25) is 4.79 Å². The predicted octanol–water partition coefficient (Wildman–Crippen LogP) is 3.04. The third-order valence-electron chi connectivity index (χ3n) is 2.06. The highest BCUT2D eigenvalue weighted by atomic mass is 31.0. The van der Waals surface area contributed by atoms with Gasteiger partial charge in [-0.05, 0) is 18.4 Å². The summed E-state index contributed by atoms with van der Waals surface area (Å²) in [5, 5.41) is 0.